The number of carbonyl (C=O) groups excluding carboxylic acids is 1. The first-order chi connectivity index (χ1) is 11.6. The number of ketones is 1. The molecule has 126 valence electrons. The third-order valence-corrected chi connectivity index (χ3v) is 3.77. The van der Waals surface area contributed by atoms with E-state index in [9.17, 15) is 4.79 Å². The third kappa shape index (κ3) is 5.27. The van der Waals surface area contributed by atoms with Gasteiger partial charge in [-0.15, -0.1) is 0 Å². The van der Waals surface area contributed by atoms with E-state index in [1.165, 1.54) is 5.56 Å². The number of aryl methyl sites for hydroxylation is 2. The zero-order valence-corrected chi connectivity index (χ0v) is 14.6. The van der Waals surface area contributed by atoms with Gasteiger partial charge in [-0.2, -0.15) is 0 Å². The van der Waals surface area contributed by atoms with Crippen LogP contribution in [-0.2, 0) is 0 Å². The summed E-state index contributed by atoms with van der Waals surface area (Å²) in [6.07, 6.45) is 5.38. The van der Waals surface area contributed by atoms with Crippen LogP contribution in [0.2, 0.25) is 0 Å². The van der Waals surface area contributed by atoms with Crippen molar-refractivity contribution >= 4 is 11.5 Å². The summed E-state index contributed by atoms with van der Waals surface area (Å²) in [6.45, 7) is 6.92. The molecule has 2 aromatic rings. The Morgan fingerprint density at radius 1 is 1.12 bits per heavy atom. The molecule has 24 heavy (non-hydrogen) atoms. The Balaban J connectivity index is 1.93. The van der Waals surface area contributed by atoms with Crippen LogP contribution in [0.15, 0.2) is 54.7 Å². The summed E-state index contributed by atoms with van der Waals surface area (Å²) in [5.41, 5.74) is 3.99. The van der Waals surface area contributed by atoms with E-state index in [1.807, 2.05) is 26.0 Å². The highest BCUT2D eigenvalue weighted by molar-refractivity contribution is 6.04. The lowest BCUT2D eigenvalue weighted by atomic mass is 10.1. The van der Waals surface area contributed by atoms with Gasteiger partial charge in [-0.05, 0) is 61.7 Å². The third-order valence-electron chi connectivity index (χ3n) is 3.77. The maximum Gasteiger partial charge on any atom is 0.187 e. The lowest BCUT2D eigenvalue weighted by Crippen LogP contribution is -1.99. The average Bonchev–Trinajstić information content (AvgIpc) is 2.58. The quantitative estimate of drug-likeness (QED) is 0.407. The van der Waals surface area contributed by atoms with E-state index in [0.29, 0.717) is 12.2 Å². The number of allylic oxidation sites excluding steroid dienone is 1. The molecule has 2 rings (SSSR count). The summed E-state index contributed by atoms with van der Waals surface area (Å²) in [4.78, 5) is 12.2. The van der Waals surface area contributed by atoms with E-state index in [1.54, 1.807) is 24.4 Å². The van der Waals surface area contributed by atoms with Crippen LogP contribution in [-0.4, -0.2) is 12.4 Å². The van der Waals surface area contributed by atoms with E-state index < -0.39 is 0 Å². The first kappa shape index (κ1) is 17.8. The minimum atomic E-state index is -0.0343. The number of anilines is 1. The van der Waals surface area contributed by atoms with E-state index in [4.69, 9.17) is 4.74 Å². The molecule has 0 aromatic heterocycles. The number of unbranched alkanes of at least 4 members (excludes halogenated alkanes) is 1. The Morgan fingerprint density at radius 3 is 2.58 bits per heavy atom. The van der Waals surface area contributed by atoms with Crippen LogP contribution < -0.4 is 10.1 Å². The zero-order chi connectivity index (χ0) is 17.4. The van der Waals surface area contributed by atoms with Crippen molar-refractivity contribution in [3.63, 3.8) is 0 Å². The maximum absolute atomic E-state index is 12.2. The summed E-state index contributed by atoms with van der Waals surface area (Å²) >= 11 is 0. The Morgan fingerprint density at radius 2 is 1.88 bits per heavy atom. The van der Waals surface area contributed by atoms with Gasteiger partial charge in [0, 0.05) is 23.5 Å². The summed E-state index contributed by atoms with van der Waals surface area (Å²) in [7, 11) is 0. The first-order valence-corrected chi connectivity index (χ1v) is 8.37. The van der Waals surface area contributed by atoms with Crippen LogP contribution in [0.3, 0.4) is 0 Å². The second kappa shape index (κ2) is 8.92. The fourth-order valence-electron chi connectivity index (χ4n) is 2.24. The fourth-order valence-corrected chi connectivity index (χ4v) is 2.24. The van der Waals surface area contributed by atoms with Gasteiger partial charge in [0.15, 0.2) is 5.78 Å². The van der Waals surface area contributed by atoms with Crippen molar-refractivity contribution in [2.75, 3.05) is 11.9 Å². The van der Waals surface area contributed by atoms with E-state index in [-0.39, 0.29) is 5.78 Å². The van der Waals surface area contributed by atoms with E-state index in [2.05, 4.69) is 30.4 Å². The average molecular weight is 323 g/mol. The predicted molar refractivity (Wildman–Crippen MR) is 99.9 cm³/mol. The predicted octanol–water partition coefficient (Wildman–Crippen LogP) is 5.29. The highest BCUT2D eigenvalue weighted by Crippen LogP contribution is 2.17. The molecule has 0 saturated carbocycles. The van der Waals surface area contributed by atoms with Crippen molar-refractivity contribution < 1.29 is 9.53 Å². The molecular formula is C21H25NO2. The normalized spacial score (nSPS) is 10.8. The molecule has 0 heterocycles. The lowest BCUT2D eigenvalue weighted by molar-refractivity contribution is 0.104. The molecule has 3 heteroatoms. The van der Waals surface area contributed by atoms with Crippen molar-refractivity contribution in [1.82, 2.24) is 0 Å². The molecule has 0 radical (unpaired) electrons. The van der Waals surface area contributed by atoms with Crippen molar-refractivity contribution in [2.24, 2.45) is 0 Å². The second-order valence-electron chi connectivity index (χ2n) is 5.89. The topological polar surface area (TPSA) is 38.3 Å². The van der Waals surface area contributed by atoms with E-state index in [0.717, 1.165) is 29.8 Å². The SMILES string of the molecule is CCCCOc1ccc(C(=O)C=CNc2cc(C)ccc2C)cc1. The van der Waals surface area contributed by atoms with Crippen LogP contribution in [0, 0.1) is 13.8 Å². The molecule has 0 spiro atoms. The van der Waals surface area contributed by atoms with Gasteiger partial charge in [0.25, 0.3) is 0 Å². The Kier molecular flexibility index (Phi) is 6.62. The van der Waals surface area contributed by atoms with Crippen molar-refractivity contribution in [2.45, 2.75) is 33.6 Å². The summed E-state index contributed by atoms with van der Waals surface area (Å²) in [5.74, 6) is 0.769. The van der Waals surface area contributed by atoms with Gasteiger partial charge in [0.1, 0.15) is 5.75 Å². The largest absolute Gasteiger partial charge is 0.494 e. The van der Waals surface area contributed by atoms with Crippen LogP contribution >= 0.6 is 0 Å². The van der Waals surface area contributed by atoms with Crippen molar-refractivity contribution in [1.29, 1.82) is 0 Å². The van der Waals surface area contributed by atoms with Crippen LogP contribution in [0.1, 0.15) is 41.3 Å². The number of hydrogen-bond donors (Lipinski definition) is 1. The molecule has 0 atom stereocenters. The minimum Gasteiger partial charge on any atom is -0.494 e. The summed E-state index contributed by atoms with van der Waals surface area (Å²) < 4.78 is 5.60. The van der Waals surface area contributed by atoms with Gasteiger partial charge in [0.05, 0.1) is 6.61 Å². The number of hydrogen-bond acceptors (Lipinski definition) is 3. The molecule has 0 aliphatic rings. The molecule has 0 unspecified atom stereocenters. The highest BCUT2D eigenvalue weighted by Gasteiger charge is 2.02. The maximum atomic E-state index is 12.2. The number of ether oxygens (including phenoxy) is 1. The van der Waals surface area contributed by atoms with Gasteiger partial charge < -0.3 is 10.1 Å². The number of benzene rings is 2. The lowest BCUT2D eigenvalue weighted by Gasteiger charge is -2.07. The van der Waals surface area contributed by atoms with E-state index >= 15 is 0 Å². The second-order valence-corrected chi connectivity index (χ2v) is 5.89. The van der Waals surface area contributed by atoms with Crippen LogP contribution in [0.25, 0.3) is 0 Å². The zero-order valence-electron chi connectivity index (χ0n) is 14.6. The molecular weight excluding hydrogens is 298 g/mol. The molecule has 2 aromatic carbocycles. The summed E-state index contributed by atoms with van der Waals surface area (Å²) in [6, 6.07) is 13.5. The smallest absolute Gasteiger partial charge is 0.187 e. The van der Waals surface area contributed by atoms with Gasteiger partial charge >= 0.3 is 0 Å². The summed E-state index contributed by atoms with van der Waals surface area (Å²) in [5, 5.41) is 3.17. The molecule has 1 N–H and O–H groups in total. The molecule has 0 amide bonds. The minimum absolute atomic E-state index is 0.0343. The number of rotatable bonds is 8. The standard InChI is InChI=1S/C21H25NO2/c1-4-5-14-24-19-10-8-18(9-11-19)21(23)12-13-22-20-15-16(2)6-7-17(20)3/h6-13,15,22H,4-5,14H2,1-3H3. The van der Waals surface area contributed by atoms with Gasteiger partial charge in [-0.1, -0.05) is 25.5 Å². The van der Waals surface area contributed by atoms with Gasteiger partial charge in [-0.25, -0.2) is 0 Å². The molecule has 0 bridgehead atoms. The monoisotopic (exact) mass is 323 g/mol. The van der Waals surface area contributed by atoms with Crippen LogP contribution in [0.4, 0.5) is 5.69 Å². The highest BCUT2D eigenvalue weighted by atomic mass is 16.5. The molecule has 3 nitrogen and oxygen atoms in total. The number of carbonyl (C=O) groups is 1. The Bertz CT molecular complexity index is 702. The fraction of sp³-hybridized carbons (Fsp3) is 0.286. The Labute approximate surface area is 144 Å². The molecule has 0 aliphatic carbocycles. The van der Waals surface area contributed by atoms with Crippen molar-refractivity contribution in [3.05, 3.63) is 71.4 Å². The van der Waals surface area contributed by atoms with Crippen molar-refractivity contribution in [3.8, 4) is 5.75 Å². The molecule has 0 aliphatic heterocycles. The van der Waals surface area contributed by atoms with Crippen LogP contribution in [0.5, 0.6) is 5.75 Å². The number of nitrogens with one attached hydrogen (secondary N) is 1. The first-order valence-electron chi connectivity index (χ1n) is 8.37. The molecule has 0 saturated heterocycles. The van der Waals surface area contributed by atoms with Gasteiger partial charge in [0.2, 0.25) is 0 Å². The van der Waals surface area contributed by atoms with Gasteiger partial charge in [-0.3, -0.25) is 4.79 Å². The molecule has 0 fully saturated rings. The Hall–Kier alpha value is -2.55.